The van der Waals surface area contributed by atoms with Gasteiger partial charge in [0.1, 0.15) is 0 Å². The standard InChI is InChI=1S/C21H19N7/c1-16(14-26-11-6-10-24-26)27-15-23-19(17-7-3-2-4-8-17)20(27)18-13-25-28-12-5-9-22-21(18)28/h2-13,15-16H,14H2,1H3. The van der Waals surface area contributed by atoms with Crippen molar-refractivity contribution in [2.45, 2.75) is 19.5 Å². The van der Waals surface area contributed by atoms with Gasteiger partial charge in [-0.3, -0.25) is 4.68 Å². The maximum Gasteiger partial charge on any atom is 0.164 e. The molecule has 0 fully saturated rings. The summed E-state index contributed by atoms with van der Waals surface area (Å²) in [5, 5.41) is 8.82. The highest BCUT2D eigenvalue weighted by molar-refractivity contribution is 5.85. The summed E-state index contributed by atoms with van der Waals surface area (Å²) in [4.78, 5) is 9.32. The van der Waals surface area contributed by atoms with Gasteiger partial charge in [-0.2, -0.15) is 10.2 Å². The van der Waals surface area contributed by atoms with Gasteiger partial charge in [-0.15, -0.1) is 0 Å². The van der Waals surface area contributed by atoms with Crippen LogP contribution in [0, 0.1) is 0 Å². The lowest BCUT2D eigenvalue weighted by molar-refractivity contribution is 0.440. The van der Waals surface area contributed by atoms with Crippen molar-refractivity contribution in [1.29, 1.82) is 0 Å². The second kappa shape index (κ2) is 6.77. The SMILES string of the molecule is CC(Cn1cccn1)n1cnc(-c2ccccc2)c1-c1cnn2cccnc12. The van der Waals surface area contributed by atoms with Crippen LogP contribution in [-0.4, -0.2) is 33.9 Å². The average Bonchev–Trinajstić information content (AvgIpc) is 3.47. The first-order valence-electron chi connectivity index (χ1n) is 9.19. The molecule has 28 heavy (non-hydrogen) atoms. The number of imidazole rings is 1. The molecule has 5 aromatic rings. The van der Waals surface area contributed by atoms with Crippen molar-refractivity contribution in [2.75, 3.05) is 0 Å². The van der Waals surface area contributed by atoms with E-state index in [1.54, 1.807) is 16.9 Å². The second-order valence-corrected chi connectivity index (χ2v) is 6.74. The zero-order valence-corrected chi connectivity index (χ0v) is 15.4. The van der Waals surface area contributed by atoms with Crippen molar-refractivity contribution < 1.29 is 0 Å². The van der Waals surface area contributed by atoms with Crippen LogP contribution in [0.1, 0.15) is 13.0 Å². The fraction of sp³-hybridized carbons (Fsp3) is 0.143. The number of hydrogen-bond acceptors (Lipinski definition) is 4. The minimum Gasteiger partial charge on any atom is -0.325 e. The van der Waals surface area contributed by atoms with Gasteiger partial charge in [-0.25, -0.2) is 14.5 Å². The summed E-state index contributed by atoms with van der Waals surface area (Å²) < 4.78 is 5.92. The van der Waals surface area contributed by atoms with E-state index in [-0.39, 0.29) is 6.04 Å². The zero-order chi connectivity index (χ0) is 18.9. The quantitative estimate of drug-likeness (QED) is 0.474. The predicted molar refractivity (Wildman–Crippen MR) is 107 cm³/mol. The van der Waals surface area contributed by atoms with Crippen molar-refractivity contribution in [1.82, 2.24) is 33.9 Å². The van der Waals surface area contributed by atoms with E-state index in [1.807, 2.05) is 59.9 Å². The molecule has 0 bridgehead atoms. The van der Waals surface area contributed by atoms with E-state index >= 15 is 0 Å². The first-order valence-corrected chi connectivity index (χ1v) is 9.19. The minimum atomic E-state index is 0.151. The highest BCUT2D eigenvalue weighted by Crippen LogP contribution is 2.35. The lowest BCUT2D eigenvalue weighted by Gasteiger charge is -2.17. The Morgan fingerprint density at radius 2 is 1.79 bits per heavy atom. The summed E-state index contributed by atoms with van der Waals surface area (Å²) in [6.45, 7) is 2.91. The predicted octanol–water partition coefficient (Wildman–Crippen LogP) is 3.72. The number of hydrogen-bond donors (Lipinski definition) is 0. The molecule has 4 heterocycles. The molecule has 138 valence electrons. The maximum absolute atomic E-state index is 4.77. The van der Waals surface area contributed by atoms with E-state index in [9.17, 15) is 0 Å². The second-order valence-electron chi connectivity index (χ2n) is 6.74. The number of fused-ring (bicyclic) bond motifs is 1. The molecule has 5 rings (SSSR count). The third kappa shape index (κ3) is 2.77. The van der Waals surface area contributed by atoms with Crippen molar-refractivity contribution in [3.8, 4) is 22.5 Å². The van der Waals surface area contributed by atoms with E-state index in [2.05, 4.69) is 38.8 Å². The number of benzene rings is 1. The molecule has 0 N–H and O–H groups in total. The van der Waals surface area contributed by atoms with Gasteiger partial charge in [0.25, 0.3) is 0 Å². The van der Waals surface area contributed by atoms with E-state index in [1.165, 1.54) is 0 Å². The Labute approximate surface area is 161 Å². The molecule has 7 heteroatoms. The fourth-order valence-corrected chi connectivity index (χ4v) is 3.53. The summed E-state index contributed by atoms with van der Waals surface area (Å²) in [5.74, 6) is 0. The average molecular weight is 369 g/mol. The van der Waals surface area contributed by atoms with Crippen LogP contribution in [0.5, 0.6) is 0 Å². The van der Waals surface area contributed by atoms with Crippen molar-refractivity contribution >= 4 is 5.65 Å². The summed E-state index contributed by atoms with van der Waals surface area (Å²) in [7, 11) is 0. The van der Waals surface area contributed by atoms with E-state index in [0.717, 1.165) is 34.7 Å². The molecule has 1 aromatic carbocycles. The van der Waals surface area contributed by atoms with E-state index in [4.69, 9.17) is 4.98 Å². The molecule has 0 radical (unpaired) electrons. The van der Waals surface area contributed by atoms with Crippen LogP contribution < -0.4 is 0 Å². The van der Waals surface area contributed by atoms with Gasteiger partial charge < -0.3 is 4.57 Å². The zero-order valence-electron chi connectivity index (χ0n) is 15.4. The normalized spacial score (nSPS) is 12.5. The van der Waals surface area contributed by atoms with Crippen LogP contribution in [0.15, 0.2) is 79.8 Å². The molecule has 0 saturated carbocycles. The Bertz CT molecular complexity index is 1200. The Balaban J connectivity index is 1.69. The van der Waals surface area contributed by atoms with Gasteiger partial charge >= 0.3 is 0 Å². The first-order chi connectivity index (χ1) is 13.8. The van der Waals surface area contributed by atoms with Gasteiger partial charge in [0.15, 0.2) is 5.65 Å². The van der Waals surface area contributed by atoms with Crippen LogP contribution in [-0.2, 0) is 6.54 Å². The molecular weight excluding hydrogens is 350 g/mol. The van der Waals surface area contributed by atoms with Crippen molar-refractivity contribution in [2.24, 2.45) is 0 Å². The molecule has 0 aliphatic rings. The highest BCUT2D eigenvalue weighted by Gasteiger charge is 2.22. The number of rotatable bonds is 5. The van der Waals surface area contributed by atoms with Gasteiger partial charge in [0.2, 0.25) is 0 Å². The lowest BCUT2D eigenvalue weighted by atomic mass is 10.1. The van der Waals surface area contributed by atoms with E-state index < -0.39 is 0 Å². The first kappa shape index (κ1) is 16.4. The molecule has 1 atom stereocenters. The summed E-state index contributed by atoms with van der Waals surface area (Å²) in [5.41, 5.74) is 4.78. The molecule has 4 aromatic heterocycles. The molecule has 0 amide bonds. The van der Waals surface area contributed by atoms with Gasteiger partial charge in [-0.05, 0) is 19.1 Å². The Morgan fingerprint density at radius 1 is 0.929 bits per heavy atom. The molecule has 0 aliphatic carbocycles. The Hall–Kier alpha value is -3.74. The van der Waals surface area contributed by atoms with Gasteiger partial charge in [0, 0.05) is 30.4 Å². The smallest absolute Gasteiger partial charge is 0.164 e. The van der Waals surface area contributed by atoms with Crippen molar-refractivity contribution in [3.05, 3.63) is 79.8 Å². The van der Waals surface area contributed by atoms with Crippen LogP contribution in [0.3, 0.4) is 0 Å². The Kier molecular flexibility index (Phi) is 3.97. The molecule has 1 unspecified atom stereocenters. The topological polar surface area (TPSA) is 65.8 Å². The summed E-state index contributed by atoms with van der Waals surface area (Å²) in [6.07, 6.45) is 11.2. The molecule has 7 nitrogen and oxygen atoms in total. The third-order valence-electron chi connectivity index (χ3n) is 4.86. The Morgan fingerprint density at radius 3 is 2.61 bits per heavy atom. The highest BCUT2D eigenvalue weighted by atomic mass is 15.3. The van der Waals surface area contributed by atoms with Crippen molar-refractivity contribution in [3.63, 3.8) is 0 Å². The van der Waals surface area contributed by atoms with E-state index in [0.29, 0.717) is 0 Å². The monoisotopic (exact) mass is 369 g/mol. The fourth-order valence-electron chi connectivity index (χ4n) is 3.53. The van der Waals surface area contributed by atoms with Gasteiger partial charge in [0.05, 0.1) is 42.1 Å². The molecule has 0 spiro atoms. The maximum atomic E-state index is 4.77. The molecule has 0 aliphatic heterocycles. The number of nitrogens with zero attached hydrogens (tertiary/aromatic N) is 7. The molecular formula is C21H19N7. The third-order valence-corrected chi connectivity index (χ3v) is 4.86. The van der Waals surface area contributed by atoms with Gasteiger partial charge in [-0.1, -0.05) is 30.3 Å². The number of aromatic nitrogens is 7. The minimum absolute atomic E-state index is 0.151. The largest absolute Gasteiger partial charge is 0.325 e. The lowest BCUT2D eigenvalue weighted by Crippen LogP contribution is -2.14. The van der Waals surface area contributed by atoms with Crippen LogP contribution in [0.25, 0.3) is 28.2 Å². The molecule has 0 saturated heterocycles. The van der Waals surface area contributed by atoms with Crippen LogP contribution >= 0.6 is 0 Å². The summed E-state index contributed by atoms with van der Waals surface area (Å²) in [6, 6.07) is 14.2. The van der Waals surface area contributed by atoms with Crippen LogP contribution in [0.2, 0.25) is 0 Å². The summed E-state index contributed by atoms with van der Waals surface area (Å²) >= 11 is 0. The van der Waals surface area contributed by atoms with Crippen LogP contribution in [0.4, 0.5) is 0 Å².